The first-order valence-electron chi connectivity index (χ1n) is 6.58. The average molecular weight is 480 g/mol. The lowest BCUT2D eigenvalue weighted by Crippen LogP contribution is -2.74. The molecule has 0 aromatic carbocycles. The maximum Gasteiger partial charge on any atom is 0.460 e. The number of halogens is 18. The predicted molar refractivity (Wildman–Crippen MR) is 55.9 cm³/mol. The van der Waals surface area contributed by atoms with Crippen molar-refractivity contribution in [3.05, 3.63) is 0 Å². The number of alkyl halides is 18. The third kappa shape index (κ3) is 3.67. The van der Waals surface area contributed by atoms with Crippen LogP contribution in [0.3, 0.4) is 0 Å². The Labute approximate surface area is 147 Å². The zero-order valence-corrected chi connectivity index (χ0v) is 12.9. The molecule has 0 radical (unpaired) electrons. The van der Waals surface area contributed by atoms with Gasteiger partial charge in [0.15, 0.2) is 0 Å². The lowest BCUT2D eigenvalue weighted by Gasteiger charge is -2.42. The zero-order chi connectivity index (χ0) is 24.1. The molecule has 0 N–H and O–H groups in total. The molecule has 0 amide bonds. The van der Waals surface area contributed by atoms with Crippen molar-refractivity contribution >= 4 is 0 Å². The van der Waals surface area contributed by atoms with Crippen molar-refractivity contribution in [3.8, 4) is 0 Å². The van der Waals surface area contributed by atoms with Gasteiger partial charge in [-0.2, -0.15) is 74.6 Å². The van der Waals surface area contributed by atoms with Crippen LogP contribution in [0.25, 0.3) is 0 Å². The third-order valence-corrected chi connectivity index (χ3v) is 3.41. The highest BCUT2D eigenvalue weighted by Gasteiger charge is 2.95. The molecule has 0 heterocycles. The zero-order valence-electron chi connectivity index (χ0n) is 12.9. The van der Waals surface area contributed by atoms with Crippen LogP contribution in [0.15, 0.2) is 0 Å². The summed E-state index contributed by atoms with van der Waals surface area (Å²) >= 11 is 0. The molecule has 29 heavy (non-hydrogen) atoms. The van der Waals surface area contributed by atoms with Crippen molar-refractivity contribution in [3.63, 3.8) is 0 Å². The first-order valence-corrected chi connectivity index (χ1v) is 6.58. The minimum atomic E-state index is -8.64. The monoisotopic (exact) mass is 480 g/mol. The minimum Gasteiger partial charge on any atom is -0.251 e. The number of hydrogen-bond donors (Lipinski definition) is 0. The maximum absolute atomic E-state index is 13.2. The molecule has 176 valence electrons. The average Bonchev–Trinajstić information content (AvgIpc) is 2.50. The second kappa shape index (κ2) is 7.16. The van der Waals surface area contributed by atoms with Crippen LogP contribution < -0.4 is 0 Å². The van der Waals surface area contributed by atoms with Gasteiger partial charge in [-0.15, -0.1) is 0 Å². The van der Waals surface area contributed by atoms with E-state index >= 15 is 0 Å². The molecule has 0 aliphatic rings. The van der Waals surface area contributed by atoms with E-state index in [1.807, 2.05) is 0 Å². The highest BCUT2D eigenvalue weighted by atomic mass is 19.4. The Morgan fingerprint density at radius 1 is 0.379 bits per heavy atom. The van der Waals surface area contributed by atoms with E-state index in [4.69, 9.17) is 0 Å². The lowest BCUT2D eigenvalue weighted by atomic mass is 9.88. The molecular weight excluding hydrogens is 474 g/mol. The van der Waals surface area contributed by atoms with Gasteiger partial charge in [-0.1, -0.05) is 0 Å². The van der Waals surface area contributed by atoms with Crippen molar-refractivity contribution in [1.82, 2.24) is 0 Å². The van der Waals surface area contributed by atoms with Gasteiger partial charge in [0.1, 0.15) is 0 Å². The molecule has 0 aromatic heterocycles. The van der Waals surface area contributed by atoms with Gasteiger partial charge in [0.25, 0.3) is 0 Å². The highest BCUT2D eigenvalue weighted by molar-refractivity contribution is 5.15. The van der Waals surface area contributed by atoms with Crippen LogP contribution in [0.5, 0.6) is 0 Å². The largest absolute Gasteiger partial charge is 0.460 e. The SMILES string of the molecule is FCCCC(F)(F)C(F)(F)C(F)(F)C(F)(F)C(F)(F)C(F)(F)C(F)(F)C(F)(F)F. The van der Waals surface area contributed by atoms with Gasteiger partial charge < -0.3 is 0 Å². The fraction of sp³-hybridized carbons (Fsp3) is 1.00. The Bertz CT molecular complexity index is 569. The van der Waals surface area contributed by atoms with Crippen LogP contribution in [0, 0.1) is 0 Å². The molecule has 0 fully saturated rings. The van der Waals surface area contributed by atoms with E-state index in [0.717, 1.165) is 0 Å². The fourth-order valence-electron chi connectivity index (χ4n) is 1.64. The minimum absolute atomic E-state index is 1.76. The van der Waals surface area contributed by atoms with Crippen molar-refractivity contribution in [2.24, 2.45) is 0 Å². The Kier molecular flexibility index (Phi) is 6.85. The Balaban J connectivity index is 6.57. The quantitative estimate of drug-likeness (QED) is 0.321. The maximum atomic E-state index is 13.2. The van der Waals surface area contributed by atoms with Crippen LogP contribution in [-0.2, 0) is 0 Å². The van der Waals surface area contributed by atoms with E-state index in [0.29, 0.717) is 0 Å². The molecule has 0 unspecified atom stereocenters. The van der Waals surface area contributed by atoms with Gasteiger partial charge in [0.2, 0.25) is 0 Å². The summed E-state index contributed by atoms with van der Waals surface area (Å²) in [6.45, 7) is -1.96. The first-order chi connectivity index (χ1) is 12.3. The second-order valence-electron chi connectivity index (χ2n) is 5.44. The van der Waals surface area contributed by atoms with Gasteiger partial charge in [-0.05, 0) is 6.42 Å². The van der Waals surface area contributed by atoms with Gasteiger partial charge >= 0.3 is 47.6 Å². The standard InChI is InChI=1S/C11H6F18/c12-3-1-2-4(13,14)5(15,16)6(17,18)7(19,20)8(21,22)9(23,24)10(25,26)11(27,28)29/h1-3H2. The second-order valence-corrected chi connectivity index (χ2v) is 5.44. The molecule has 0 aliphatic heterocycles. The molecule has 18 heteroatoms. The highest BCUT2D eigenvalue weighted by Crippen LogP contribution is 2.64. The number of hydrogen-bond acceptors (Lipinski definition) is 0. The van der Waals surface area contributed by atoms with E-state index in [1.165, 1.54) is 0 Å². The van der Waals surface area contributed by atoms with Crippen LogP contribution >= 0.6 is 0 Å². The van der Waals surface area contributed by atoms with E-state index in [1.54, 1.807) is 0 Å². The van der Waals surface area contributed by atoms with Gasteiger partial charge in [0, 0.05) is 6.42 Å². The summed E-state index contributed by atoms with van der Waals surface area (Å²) in [5.74, 6) is -56.4. The van der Waals surface area contributed by atoms with Crippen molar-refractivity contribution < 1.29 is 79.0 Å². The van der Waals surface area contributed by atoms with E-state index in [-0.39, 0.29) is 0 Å². The van der Waals surface area contributed by atoms with Crippen molar-refractivity contribution in [2.75, 3.05) is 6.67 Å². The summed E-state index contributed by atoms with van der Waals surface area (Å²) in [6.07, 6.45) is -12.3. The Morgan fingerprint density at radius 3 is 0.931 bits per heavy atom. The summed E-state index contributed by atoms with van der Waals surface area (Å²) in [4.78, 5) is 0. The van der Waals surface area contributed by atoms with Gasteiger partial charge in [-0.3, -0.25) is 4.39 Å². The van der Waals surface area contributed by atoms with Crippen molar-refractivity contribution in [2.45, 2.75) is 60.5 Å². The smallest absolute Gasteiger partial charge is 0.251 e. The van der Waals surface area contributed by atoms with Crippen LogP contribution in [-0.4, -0.2) is 54.3 Å². The molecule has 0 aliphatic carbocycles. The molecule has 0 saturated carbocycles. The van der Waals surface area contributed by atoms with Crippen LogP contribution in [0.4, 0.5) is 79.0 Å². The molecule has 0 aromatic rings. The molecule has 0 bridgehead atoms. The third-order valence-electron chi connectivity index (χ3n) is 3.41. The summed E-state index contributed by atoms with van der Waals surface area (Å²) < 4.78 is 229. The summed E-state index contributed by atoms with van der Waals surface area (Å²) in [6, 6.07) is 0. The van der Waals surface area contributed by atoms with E-state index < -0.39 is 67.2 Å². The molecule has 0 spiro atoms. The van der Waals surface area contributed by atoms with E-state index in [9.17, 15) is 79.0 Å². The topological polar surface area (TPSA) is 0 Å². The summed E-state index contributed by atoms with van der Waals surface area (Å²) in [5, 5.41) is 0. The molecule has 0 atom stereocenters. The first kappa shape index (κ1) is 27.7. The van der Waals surface area contributed by atoms with E-state index in [2.05, 4.69) is 0 Å². The normalized spacial score (nSPS) is 16.3. The molecule has 0 rings (SSSR count). The fourth-order valence-corrected chi connectivity index (χ4v) is 1.64. The predicted octanol–water partition coefficient (Wildman–Crippen LogP) is 6.75. The summed E-state index contributed by atoms with van der Waals surface area (Å²) in [7, 11) is 0. The molecule has 0 nitrogen and oxygen atoms in total. The Hall–Kier alpha value is -1.26. The molecule has 0 saturated heterocycles. The summed E-state index contributed by atoms with van der Waals surface area (Å²) in [5.41, 5.74) is 0. The van der Waals surface area contributed by atoms with Crippen LogP contribution in [0.2, 0.25) is 0 Å². The van der Waals surface area contributed by atoms with Crippen molar-refractivity contribution in [1.29, 1.82) is 0 Å². The van der Waals surface area contributed by atoms with Gasteiger partial charge in [-0.25, -0.2) is 0 Å². The lowest BCUT2D eigenvalue weighted by molar-refractivity contribution is -0.461. The Morgan fingerprint density at radius 2 is 0.655 bits per heavy atom. The molecular formula is C11H6F18. The van der Waals surface area contributed by atoms with Gasteiger partial charge in [0.05, 0.1) is 6.67 Å². The van der Waals surface area contributed by atoms with Crippen LogP contribution in [0.1, 0.15) is 12.8 Å². The number of rotatable bonds is 9.